The number of carboxylic acid groups (broad SMARTS) is 1. The Bertz CT molecular complexity index is 543. The fraction of sp³-hybridized carbons (Fsp3) is 0.471. The Morgan fingerprint density at radius 1 is 1.22 bits per heavy atom. The van der Waals surface area contributed by atoms with E-state index in [1.165, 1.54) is 6.92 Å². The molecular weight excluding hydrogens is 298 g/mol. The summed E-state index contributed by atoms with van der Waals surface area (Å²) < 4.78 is 5.01. The highest BCUT2D eigenvalue weighted by Crippen LogP contribution is 2.14. The Labute approximate surface area is 135 Å². The van der Waals surface area contributed by atoms with Gasteiger partial charge in [-0.3, -0.25) is 4.79 Å². The summed E-state index contributed by atoms with van der Waals surface area (Å²) in [4.78, 5) is 35.1. The lowest BCUT2D eigenvalue weighted by atomic mass is 9.93. The highest BCUT2D eigenvalue weighted by atomic mass is 16.5. The second-order valence-corrected chi connectivity index (χ2v) is 5.64. The number of amides is 1. The van der Waals surface area contributed by atoms with Gasteiger partial charge in [-0.2, -0.15) is 0 Å². The lowest BCUT2D eigenvalue weighted by molar-refractivity contribution is -0.146. The molecule has 0 bridgehead atoms. The Morgan fingerprint density at radius 3 is 2.43 bits per heavy atom. The van der Waals surface area contributed by atoms with E-state index in [0.29, 0.717) is 12.8 Å². The van der Waals surface area contributed by atoms with Crippen LogP contribution < -0.4 is 5.32 Å². The predicted molar refractivity (Wildman–Crippen MR) is 85.0 cm³/mol. The van der Waals surface area contributed by atoms with E-state index in [-0.39, 0.29) is 18.8 Å². The smallest absolute Gasteiger partial charge is 0.408 e. The molecule has 2 N–H and O–H groups in total. The molecule has 1 atom stereocenters. The number of unbranched alkanes of at least 4 members (excludes halogenated alkanes) is 1. The van der Waals surface area contributed by atoms with Gasteiger partial charge in [0, 0.05) is 12.8 Å². The normalized spacial score (nSPS) is 13.0. The van der Waals surface area contributed by atoms with Crippen LogP contribution in [0.15, 0.2) is 30.3 Å². The number of rotatable bonds is 9. The zero-order chi connectivity index (χ0) is 17.3. The third-order valence-corrected chi connectivity index (χ3v) is 3.42. The van der Waals surface area contributed by atoms with Gasteiger partial charge in [0.15, 0.2) is 0 Å². The van der Waals surface area contributed by atoms with Crippen LogP contribution in [-0.2, 0) is 20.9 Å². The molecule has 23 heavy (non-hydrogen) atoms. The highest BCUT2D eigenvalue weighted by molar-refractivity contribution is 5.91. The number of nitrogens with one attached hydrogen (secondary N) is 1. The lowest BCUT2D eigenvalue weighted by Gasteiger charge is -2.25. The fourth-order valence-corrected chi connectivity index (χ4v) is 2.01. The molecule has 0 unspecified atom stereocenters. The van der Waals surface area contributed by atoms with Crippen molar-refractivity contribution in [2.24, 2.45) is 0 Å². The molecule has 126 valence electrons. The van der Waals surface area contributed by atoms with Gasteiger partial charge in [-0.1, -0.05) is 43.7 Å². The summed E-state index contributed by atoms with van der Waals surface area (Å²) in [5, 5.41) is 11.6. The maximum Gasteiger partial charge on any atom is 0.408 e. The van der Waals surface area contributed by atoms with Gasteiger partial charge in [0.25, 0.3) is 0 Å². The third-order valence-electron chi connectivity index (χ3n) is 3.42. The van der Waals surface area contributed by atoms with Gasteiger partial charge < -0.3 is 15.2 Å². The van der Waals surface area contributed by atoms with Crippen molar-refractivity contribution in [2.45, 2.75) is 51.7 Å². The summed E-state index contributed by atoms with van der Waals surface area (Å²) in [6.45, 7) is 3.29. The number of carbonyl (C=O) groups is 3. The molecule has 0 radical (unpaired) electrons. The highest BCUT2D eigenvalue weighted by Gasteiger charge is 2.37. The van der Waals surface area contributed by atoms with E-state index >= 15 is 0 Å². The summed E-state index contributed by atoms with van der Waals surface area (Å²) in [6, 6.07) is 9.04. The van der Waals surface area contributed by atoms with Crippen molar-refractivity contribution in [3.05, 3.63) is 35.9 Å². The molecule has 0 fully saturated rings. The standard InChI is InChI=1S/C17H23NO5/c1-3-4-10-14(19)11-17(2,15(20)21)18-16(22)23-12-13-8-6-5-7-9-13/h5-9H,3-4,10-12H2,1-2H3,(H,18,22)(H,20,21)/t17-/m0/s1. The largest absolute Gasteiger partial charge is 0.480 e. The van der Waals surface area contributed by atoms with Crippen LogP contribution in [0.1, 0.15) is 45.1 Å². The molecule has 0 saturated heterocycles. The maximum absolute atomic E-state index is 11.8. The van der Waals surface area contributed by atoms with E-state index < -0.39 is 17.6 Å². The molecule has 0 heterocycles. The molecular formula is C17H23NO5. The Balaban J connectivity index is 2.58. The number of benzene rings is 1. The second kappa shape index (κ2) is 8.92. The van der Waals surface area contributed by atoms with Crippen LogP contribution in [0.2, 0.25) is 0 Å². The monoisotopic (exact) mass is 321 g/mol. The topological polar surface area (TPSA) is 92.7 Å². The van der Waals surface area contributed by atoms with Gasteiger partial charge >= 0.3 is 12.1 Å². The lowest BCUT2D eigenvalue weighted by Crippen LogP contribution is -2.53. The van der Waals surface area contributed by atoms with E-state index in [4.69, 9.17) is 4.74 Å². The van der Waals surface area contributed by atoms with E-state index in [0.717, 1.165) is 12.0 Å². The van der Waals surface area contributed by atoms with E-state index in [2.05, 4.69) is 5.32 Å². The fourth-order valence-electron chi connectivity index (χ4n) is 2.01. The number of aliphatic carboxylic acids is 1. The molecule has 6 heteroatoms. The summed E-state index contributed by atoms with van der Waals surface area (Å²) in [7, 11) is 0. The van der Waals surface area contributed by atoms with Crippen molar-refractivity contribution >= 4 is 17.8 Å². The van der Waals surface area contributed by atoms with Crippen molar-refractivity contribution in [3.63, 3.8) is 0 Å². The van der Waals surface area contributed by atoms with Crippen LogP contribution in [-0.4, -0.2) is 28.5 Å². The van der Waals surface area contributed by atoms with Crippen LogP contribution in [0, 0.1) is 0 Å². The zero-order valence-corrected chi connectivity index (χ0v) is 13.5. The number of carbonyl (C=O) groups excluding carboxylic acids is 2. The van der Waals surface area contributed by atoms with Crippen molar-refractivity contribution in [1.29, 1.82) is 0 Å². The van der Waals surface area contributed by atoms with Crippen molar-refractivity contribution in [3.8, 4) is 0 Å². The minimum Gasteiger partial charge on any atom is -0.480 e. The first-order valence-electron chi connectivity index (χ1n) is 7.61. The predicted octanol–water partition coefficient (Wildman–Crippen LogP) is 2.91. The molecule has 1 aromatic rings. The summed E-state index contributed by atoms with van der Waals surface area (Å²) in [6.07, 6.45) is 0.736. The van der Waals surface area contributed by atoms with Crippen LogP contribution in [0.3, 0.4) is 0 Å². The van der Waals surface area contributed by atoms with Gasteiger partial charge in [-0.25, -0.2) is 9.59 Å². The van der Waals surface area contributed by atoms with Crippen LogP contribution in [0.25, 0.3) is 0 Å². The van der Waals surface area contributed by atoms with Gasteiger partial charge in [0.1, 0.15) is 17.9 Å². The second-order valence-electron chi connectivity index (χ2n) is 5.64. The van der Waals surface area contributed by atoms with Gasteiger partial charge in [0.2, 0.25) is 0 Å². The Kier molecular flexibility index (Phi) is 7.25. The number of alkyl carbamates (subject to hydrolysis) is 1. The first kappa shape index (κ1) is 18.7. The minimum absolute atomic E-state index is 0.0339. The SMILES string of the molecule is CCCCC(=O)C[C@](C)(NC(=O)OCc1ccccc1)C(=O)O. The zero-order valence-electron chi connectivity index (χ0n) is 13.5. The molecule has 0 spiro atoms. The number of carboxylic acids is 1. The molecule has 1 amide bonds. The maximum atomic E-state index is 11.8. The van der Waals surface area contributed by atoms with Crippen LogP contribution in [0.5, 0.6) is 0 Å². The average Bonchev–Trinajstić information content (AvgIpc) is 2.51. The summed E-state index contributed by atoms with van der Waals surface area (Å²) >= 11 is 0. The average molecular weight is 321 g/mol. The minimum atomic E-state index is -1.67. The summed E-state index contributed by atoms with van der Waals surface area (Å²) in [5.74, 6) is -1.46. The van der Waals surface area contributed by atoms with E-state index in [9.17, 15) is 19.5 Å². The third kappa shape index (κ3) is 6.50. The number of ether oxygens (including phenoxy) is 1. The van der Waals surface area contributed by atoms with Gasteiger partial charge in [0.05, 0.1) is 0 Å². The van der Waals surface area contributed by atoms with Crippen molar-refractivity contribution in [1.82, 2.24) is 5.32 Å². The number of hydrogen-bond acceptors (Lipinski definition) is 4. The number of hydrogen-bond donors (Lipinski definition) is 2. The molecule has 0 aliphatic carbocycles. The van der Waals surface area contributed by atoms with Crippen molar-refractivity contribution < 1.29 is 24.2 Å². The molecule has 0 saturated carbocycles. The van der Waals surface area contributed by atoms with Crippen molar-refractivity contribution in [2.75, 3.05) is 0 Å². The summed E-state index contributed by atoms with van der Waals surface area (Å²) in [5.41, 5.74) is -0.878. The number of Topliss-reactive ketones (excluding diaryl/α,β-unsaturated/α-hetero) is 1. The van der Waals surface area contributed by atoms with Crippen LogP contribution >= 0.6 is 0 Å². The van der Waals surface area contributed by atoms with Crippen LogP contribution in [0.4, 0.5) is 4.79 Å². The number of ketones is 1. The van der Waals surface area contributed by atoms with Gasteiger partial charge in [-0.15, -0.1) is 0 Å². The van der Waals surface area contributed by atoms with Gasteiger partial charge in [-0.05, 0) is 18.9 Å². The molecule has 1 aromatic carbocycles. The Morgan fingerprint density at radius 2 is 1.87 bits per heavy atom. The van der Waals surface area contributed by atoms with E-state index in [1.807, 2.05) is 25.1 Å². The first-order chi connectivity index (χ1) is 10.9. The first-order valence-corrected chi connectivity index (χ1v) is 7.61. The Hall–Kier alpha value is -2.37. The molecule has 0 aromatic heterocycles. The molecule has 6 nitrogen and oxygen atoms in total. The molecule has 1 rings (SSSR count). The molecule has 0 aliphatic rings. The molecule has 0 aliphatic heterocycles. The van der Waals surface area contributed by atoms with E-state index in [1.54, 1.807) is 12.1 Å². The quantitative estimate of drug-likeness (QED) is 0.729.